The lowest BCUT2D eigenvalue weighted by Gasteiger charge is -2.34. The number of aromatic carboxylic acids is 1. The average Bonchev–Trinajstić information content (AvgIpc) is 2.47. The van der Waals surface area contributed by atoms with E-state index in [1.807, 2.05) is 10.2 Å². The molecule has 0 atom stereocenters. The van der Waals surface area contributed by atoms with Crippen molar-refractivity contribution in [1.29, 1.82) is 0 Å². The summed E-state index contributed by atoms with van der Waals surface area (Å²) in [5.74, 6) is -2.92. The van der Waals surface area contributed by atoms with Crippen molar-refractivity contribution in [3.8, 4) is 0 Å². The van der Waals surface area contributed by atoms with E-state index in [4.69, 9.17) is 5.11 Å². The van der Waals surface area contributed by atoms with Crippen LogP contribution in [0.2, 0.25) is 0 Å². The van der Waals surface area contributed by atoms with Crippen LogP contribution in [0, 0.1) is 0 Å². The minimum absolute atomic E-state index is 0.177. The molecule has 1 aromatic carbocycles. The Morgan fingerprint density at radius 2 is 1.68 bits per heavy atom. The van der Waals surface area contributed by atoms with Gasteiger partial charge in [-0.25, -0.2) is 4.79 Å². The summed E-state index contributed by atoms with van der Waals surface area (Å²) in [5, 5.41) is 10.8. The van der Waals surface area contributed by atoms with Crippen LogP contribution in [0.3, 0.4) is 0 Å². The number of carboxylic acid groups (broad SMARTS) is 1. The molecule has 2 rings (SSSR count). The van der Waals surface area contributed by atoms with Gasteiger partial charge in [-0.1, -0.05) is 0 Å². The summed E-state index contributed by atoms with van der Waals surface area (Å²) in [6, 6.07) is 5.80. The fourth-order valence-electron chi connectivity index (χ4n) is 2.36. The maximum atomic E-state index is 12.2. The van der Waals surface area contributed by atoms with Gasteiger partial charge < -0.3 is 15.3 Å². The average molecular weight is 316 g/mol. The molecule has 5 nitrogen and oxygen atoms in total. The molecule has 0 unspecified atom stereocenters. The molecule has 1 aromatic rings. The monoisotopic (exact) mass is 316 g/mol. The highest BCUT2D eigenvalue weighted by atomic mass is 19.4. The number of carbonyl (C=O) groups excluding carboxylic acids is 1. The molecule has 0 aliphatic carbocycles. The molecule has 1 aliphatic rings. The van der Waals surface area contributed by atoms with Crippen molar-refractivity contribution in [3.63, 3.8) is 0 Å². The molecule has 0 saturated carbocycles. The quantitative estimate of drug-likeness (QED) is 0.895. The first kappa shape index (κ1) is 16.1. The number of halogens is 3. The zero-order valence-electron chi connectivity index (χ0n) is 11.6. The Balaban J connectivity index is 1.89. The van der Waals surface area contributed by atoms with Gasteiger partial charge in [-0.15, -0.1) is 0 Å². The van der Waals surface area contributed by atoms with Gasteiger partial charge in [0.15, 0.2) is 0 Å². The van der Waals surface area contributed by atoms with Gasteiger partial charge in [-0.2, -0.15) is 13.2 Å². The summed E-state index contributed by atoms with van der Waals surface area (Å²) >= 11 is 0. The van der Waals surface area contributed by atoms with Gasteiger partial charge in [0.05, 0.1) is 5.56 Å². The van der Waals surface area contributed by atoms with Crippen molar-refractivity contribution in [2.75, 3.05) is 18.0 Å². The van der Waals surface area contributed by atoms with Gasteiger partial charge in [0.1, 0.15) is 0 Å². The first-order valence-electron chi connectivity index (χ1n) is 6.73. The van der Waals surface area contributed by atoms with Crippen LogP contribution in [0.5, 0.6) is 0 Å². The Hall–Kier alpha value is -2.25. The number of amides is 1. The van der Waals surface area contributed by atoms with Crippen molar-refractivity contribution < 1.29 is 27.9 Å². The van der Waals surface area contributed by atoms with Gasteiger partial charge >= 0.3 is 18.1 Å². The van der Waals surface area contributed by atoms with E-state index in [2.05, 4.69) is 0 Å². The predicted octanol–water partition coefficient (Wildman–Crippen LogP) is 2.03. The van der Waals surface area contributed by atoms with Crippen LogP contribution in [0.4, 0.5) is 18.9 Å². The summed E-state index contributed by atoms with van der Waals surface area (Å²) in [6.45, 7) is 0.991. The number of carboxylic acids is 1. The third-order valence-electron chi connectivity index (χ3n) is 3.57. The highest BCUT2D eigenvalue weighted by molar-refractivity contribution is 5.88. The van der Waals surface area contributed by atoms with E-state index in [9.17, 15) is 22.8 Å². The van der Waals surface area contributed by atoms with Crippen LogP contribution in [-0.2, 0) is 4.79 Å². The molecule has 0 bridgehead atoms. The highest BCUT2D eigenvalue weighted by Gasteiger charge is 2.40. The number of benzene rings is 1. The molecule has 1 aliphatic heterocycles. The fourth-order valence-corrected chi connectivity index (χ4v) is 2.36. The van der Waals surface area contributed by atoms with Gasteiger partial charge in [0, 0.05) is 24.8 Å². The second-order valence-corrected chi connectivity index (χ2v) is 5.08. The molecule has 1 fully saturated rings. The van der Waals surface area contributed by atoms with Crippen LogP contribution in [0.15, 0.2) is 24.3 Å². The van der Waals surface area contributed by atoms with E-state index in [1.165, 1.54) is 12.1 Å². The first-order valence-corrected chi connectivity index (χ1v) is 6.73. The molecule has 1 amide bonds. The predicted molar refractivity (Wildman–Crippen MR) is 72.8 cm³/mol. The molecule has 0 aromatic heterocycles. The van der Waals surface area contributed by atoms with E-state index >= 15 is 0 Å². The zero-order valence-corrected chi connectivity index (χ0v) is 11.6. The van der Waals surface area contributed by atoms with Crippen LogP contribution in [0.1, 0.15) is 23.2 Å². The van der Waals surface area contributed by atoms with Gasteiger partial charge in [0.2, 0.25) is 0 Å². The lowest BCUT2D eigenvalue weighted by atomic mass is 10.0. The molecule has 22 heavy (non-hydrogen) atoms. The Kier molecular flexibility index (Phi) is 4.58. The molecular weight excluding hydrogens is 301 g/mol. The number of nitrogens with one attached hydrogen (secondary N) is 1. The van der Waals surface area contributed by atoms with E-state index in [0.717, 1.165) is 5.69 Å². The summed E-state index contributed by atoms with van der Waals surface area (Å²) in [4.78, 5) is 23.6. The first-order chi connectivity index (χ1) is 10.3. The van der Waals surface area contributed by atoms with Gasteiger partial charge in [-0.05, 0) is 37.1 Å². The van der Waals surface area contributed by atoms with Crippen molar-refractivity contribution >= 4 is 17.6 Å². The van der Waals surface area contributed by atoms with Gasteiger partial charge in [-0.3, -0.25) is 4.79 Å². The minimum Gasteiger partial charge on any atom is -0.478 e. The lowest BCUT2D eigenvalue weighted by molar-refractivity contribution is -0.174. The Bertz CT molecular complexity index is 549. The van der Waals surface area contributed by atoms with Gasteiger partial charge in [0.25, 0.3) is 0 Å². The van der Waals surface area contributed by atoms with Crippen LogP contribution >= 0.6 is 0 Å². The minimum atomic E-state index is -4.86. The summed E-state index contributed by atoms with van der Waals surface area (Å²) in [6.07, 6.45) is -4.05. The third-order valence-corrected chi connectivity index (χ3v) is 3.57. The Morgan fingerprint density at radius 1 is 1.14 bits per heavy atom. The second kappa shape index (κ2) is 6.25. The second-order valence-electron chi connectivity index (χ2n) is 5.08. The molecule has 0 radical (unpaired) electrons. The fraction of sp³-hybridized carbons (Fsp3) is 0.429. The molecule has 2 N–H and O–H groups in total. The Morgan fingerprint density at radius 3 is 2.14 bits per heavy atom. The van der Waals surface area contributed by atoms with Crippen LogP contribution < -0.4 is 10.2 Å². The molecule has 1 saturated heterocycles. The number of anilines is 1. The van der Waals surface area contributed by atoms with Crippen molar-refractivity contribution in [1.82, 2.24) is 5.32 Å². The standard InChI is InChI=1S/C14H15F3N2O3/c15-14(16,17)13(22)18-10-5-7-19(8-6-10)11-3-1-9(2-4-11)12(20)21/h1-4,10H,5-8H2,(H,18,22)(H,20,21). The SMILES string of the molecule is O=C(O)c1ccc(N2CCC(NC(=O)C(F)(F)F)CC2)cc1. The number of nitrogens with zero attached hydrogens (tertiary/aromatic N) is 1. The third kappa shape index (κ3) is 3.90. The molecule has 8 heteroatoms. The number of piperidine rings is 1. The lowest BCUT2D eigenvalue weighted by Crippen LogP contribution is -2.48. The number of hydrogen-bond donors (Lipinski definition) is 2. The molecule has 120 valence electrons. The van der Waals surface area contributed by atoms with E-state index in [-0.39, 0.29) is 5.56 Å². The maximum Gasteiger partial charge on any atom is 0.471 e. The maximum absolute atomic E-state index is 12.2. The highest BCUT2D eigenvalue weighted by Crippen LogP contribution is 2.22. The smallest absolute Gasteiger partial charge is 0.471 e. The molecule has 0 spiro atoms. The van der Waals surface area contributed by atoms with Crippen LogP contribution in [0.25, 0.3) is 0 Å². The van der Waals surface area contributed by atoms with E-state index < -0.39 is 24.1 Å². The summed E-state index contributed by atoms with van der Waals surface area (Å²) < 4.78 is 36.5. The van der Waals surface area contributed by atoms with Crippen molar-refractivity contribution in [3.05, 3.63) is 29.8 Å². The number of carbonyl (C=O) groups is 2. The molecular formula is C14H15F3N2O3. The largest absolute Gasteiger partial charge is 0.478 e. The Labute approximate surface area is 124 Å². The number of rotatable bonds is 3. The molecule has 1 heterocycles. The number of alkyl halides is 3. The van der Waals surface area contributed by atoms with Crippen molar-refractivity contribution in [2.45, 2.75) is 25.1 Å². The van der Waals surface area contributed by atoms with E-state index in [0.29, 0.717) is 25.9 Å². The number of hydrogen-bond acceptors (Lipinski definition) is 3. The van der Waals surface area contributed by atoms with Crippen molar-refractivity contribution in [2.24, 2.45) is 0 Å². The normalized spacial score (nSPS) is 16.4. The zero-order chi connectivity index (χ0) is 16.3. The summed E-state index contributed by atoms with van der Waals surface area (Å²) in [7, 11) is 0. The topological polar surface area (TPSA) is 69.6 Å². The summed E-state index contributed by atoms with van der Waals surface area (Å²) in [5.41, 5.74) is 0.988. The van der Waals surface area contributed by atoms with E-state index in [1.54, 1.807) is 12.1 Å². The van der Waals surface area contributed by atoms with Crippen LogP contribution in [-0.4, -0.2) is 42.3 Å².